The lowest BCUT2D eigenvalue weighted by atomic mass is 10.1. The van der Waals surface area contributed by atoms with Gasteiger partial charge in [0.2, 0.25) is 0 Å². The number of carboxylic acid groups (broad SMARTS) is 1. The number of nitrogens with one attached hydrogen (secondary N) is 1. The van der Waals surface area contributed by atoms with Crippen molar-refractivity contribution in [1.82, 2.24) is 4.90 Å². The number of nitro benzene ring substituents is 1. The van der Waals surface area contributed by atoms with E-state index >= 15 is 0 Å². The Morgan fingerprint density at radius 1 is 1.43 bits per heavy atom. The molecule has 0 radical (unpaired) electrons. The Morgan fingerprint density at radius 3 is 2.52 bits per heavy atom. The Labute approximate surface area is 127 Å². The Morgan fingerprint density at radius 2 is 2.05 bits per heavy atom. The van der Waals surface area contributed by atoms with Crippen molar-refractivity contribution in [2.45, 2.75) is 13.8 Å². The highest BCUT2D eigenvalue weighted by Crippen LogP contribution is 2.31. The SMILES string of the molecule is CCN(CC)CCNc1c(Cl)cc([N+](=O)[O-])cc1C(=O)O. The van der Waals surface area contributed by atoms with E-state index in [0.717, 1.165) is 31.8 Å². The van der Waals surface area contributed by atoms with Crippen LogP contribution in [0.1, 0.15) is 24.2 Å². The van der Waals surface area contributed by atoms with Crippen LogP contribution in [0.3, 0.4) is 0 Å². The Bertz CT molecular complexity index is 532. The number of carboxylic acids is 1. The summed E-state index contributed by atoms with van der Waals surface area (Å²) in [7, 11) is 0. The third-order valence-corrected chi connectivity index (χ3v) is 3.44. The van der Waals surface area contributed by atoms with Gasteiger partial charge < -0.3 is 15.3 Å². The van der Waals surface area contributed by atoms with Crippen LogP contribution < -0.4 is 5.32 Å². The molecule has 21 heavy (non-hydrogen) atoms. The molecule has 116 valence electrons. The highest BCUT2D eigenvalue weighted by Gasteiger charge is 2.19. The minimum atomic E-state index is -1.26. The standard InChI is InChI=1S/C13H18ClN3O4/c1-3-16(4-2)6-5-15-12-10(13(18)19)7-9(17(20)21)8-11(12)14/h7-8,15H,3-6H2,1-2H3,(H,18,19). The van der Waals surface area contributed by atoms with E-state index in [-0.39, 0.29) is 22.0 Å². The summed E-state index contributed by atoms with van der Waals surface area (Å²) in [6, 6.07) is 2.15. The summed E-state index contributed by atoms with van der Waals surface area (Å²) in [4.78, 5) is 23.5. The van der Waals surface area contributed by atoms with Crippen LogP contribution in [0.2, 0.25) is 5.02 Å². The smallest absolute Gasteiger partial charge is 0.338 e. The second-order valence-corrected chi connectivity index (χ2v) is 4.77. The molecule has 8 heteroatoms. The zero-order valence-corrected chi connectivity index (χ0v) is 12.7. The zero-order chi connectivity index (χ0) is 16.0. The molecule has 1 aromatic rings. The molecule has 0 aliphatic rings. The second-order valence-electron chi connectivity index (χ2n) is 4.37. The number of anilines is 1. The van der Waals surface area contributed by atoms with Gasteiger partial charge in [0.15, 0.2) is 0 Å². The van der Waals surface area contributed by atoms with E-state index in [2.05, 4.69) is 10.2 Å². The summed E-state index contributed by atoms with van der Waals surface area (Å²) in [6.07, 6.45) is 0. The minimum Gasteiger partial charge on any atom is -0.478 e. The molecule has 7 nitrogen and oxygen atoms in total. The summed E-state index contributed by atoms with van der Waals surface area (Å²) in [5, 5.41) is 22.9. The van der Waals surface area contributed by atoms with Crippen LogP contribution in [-0.2, 0) is 0 Å². The van der Waals surface area contributed by atoms with Gasteiger partial charge in [0, 0.05) is 25.2 Å². The topological polar surface area (TPSA) is 95.7 Å². The van der Waals surface area contributed by atoms with Gasteiger partial charge in [0.1, 0.15) is 0 Å². The number of benzene rings is 1. The molecule has 0 aliphatic heterocycles. The van der Waals surface area contributed by atoms with Crippen molar-refractivity contribution in [3.8, 4) is 0 Å². The van der Waals surface area contributed by atoms with Gasteiger partial charge in [-0.25, -0.2) is 4.79 Å². The molecule has 1 aromatic carbocycles. The quantitative estimate of drug-likeness (QED) is 0.565. The van der Waals surface area contributed by atoms with E-state index in [1.807, 2.05) is 13.8 Å². The van der Waals surface area contributed by atoms with Gasteiger partial charge >= 0.3 is 5.97 Å². The average molecular weight is 316 g/mol. The number of halogens is 1. The van der Waals surface area contributed by atoms with Crippen molar-refractivity contribution in [1.29, 1.82) is 0 Å². The lowest BCUT2D eigenvalue weighted by Gasteiger charge is -2.19. The van der Waals surface area contributed by atoms with Crippen molar-refractivity contribution < 1.29 is 14.8 Å². The van der Waals surface area contributed by atoms with E-state index in [0.29, 0.717) is 6.54 Å². The lowest BCUT2D eigenvalue weighted by molar-refractivity contribution is -0.384. The third-order valence-electron chi connectivity index (χ3n) is 3.14. The number of carbonyl (C=O) groups is 1. The molecule has 2 N–H and O–H groups in total. The fourth-order valence-electron chi connectivity index (χ4n) is 1.92. The summed E-state index contributed by atoms with van der Waals surface area (Å²) in [5.74, 6) is -1.26. The van der Waals surface area contributed by atoms with E-state index in [1.54, 1.807) is 0 Å². The molecule has 0 heterocycles. The molecule has 0 bridgehead atoms. The normalized spacial score (nSPS) is 10.7. The fourth-order valence-corrected chi connectivity index (χ4v) is 2.21. The maximum Gasteiger partial charge on any atom is 0.338 e. The van der Waals surface area contributed by atoms with Crippen molar-refractivity contribution in [2.24, 2.45) is 0 Å². The second kappa shape index (κ2) is 7.80. The van der Waals surface area contributed by atoms with Crippen LogP contribution in [0.5, 0.6) is 0 Å². The van der Waals surface area contributed by atoms with E-state index < -0.39 is 10.9 Å². The largest absolute Gasteiger partial charge is 0.478 e. The van der Waals surface area contributed by atoms with Crippen LogP contribution in [0.4, 0.5) is 11.4 Å². The molecule has 0 spiro atoms. The van der Waals surface area contributed by atoms with Crippen molar-refractivity contribution in [2.75, 3.05) is 31.5 Å². The summed E-state index contributed by atoms with van der Waals surface area (Å²) >= 11 is 5.96. The third kappa shape index (κ3) is 4.57. The molecule has 1 rings (SSSR count). The molecule has 0 atom stereocenters. The number of non-ortho nitro benzene ring substituents is 1. The Hall–Kier alpha value is -1.86. The van der Waals surface area contributed by atoms with Crippen LogP contribution in [0.15, 0.2) is 12.1 Å². The average Bonchev–Trinajstić information content (AvgIpc) is 2.44. The number of likely N-dealkylation sites (N-methyl/N-ethyl adjacent to an activating group) is 1. The number of hydrogen-bond acceptors (Lipinski definition) is 5. The first-order valence-corrected chi connectivity index (χ1v) is 6.95. The van der Waals surface area contributed by atoms with Gasteiger partial charge in [0.05, 0.1) is 21.2 Å². The van der Waals surface area contributed by atoms with Gasteiger partial charge in [-0.15, -0.1) is 0 Å². The maximum absolute atomic E-state index is 11.2. The van der Waals surface area contributed by atoms with Crippen molar-refractivity contribution in [3.05, 3.63) is 32.8 Å². The minimum absolute atomic E-state index is 0.0288. The highest BCUT2D eigenvalue weighted by molar-refractivity contribution is 6.34. The summed E-state index contributed by atoms with van der Waals surface area (Å²) < 4.78 is 0. The fraction of sp³-hybridized carbons (Fsp3) is 0.462. The lowest BCUT2D eigenvalue weighted by Crippen LogP contribution is -2.29. The van der Waals surface area contributed by atoms with Gasteiger partial charge in [0.25, 0.3) is 5.69 Å². The first kappa shape index (κ1) is 17.2. The molecule has 0 saturated carbocycles. The Kier molecular flexibility index (Phi) is 6.39. The predicted octanol–water partition coefficient (Wildman–Crippen LogP) is 2.70. The molecule has 0 fully saturated rings. The van der Waals surface area contributed by atoms with Crippen molar-refractivity contribution >= 4 is 28.9 Å². The van der Waals surface area contributed by atoms with E-state index in [4.69, 9.17) is 16.7 Å². The van der Waals surface area contributed by atoms with Gasteiger partial charge in [-0.2, -0.15) is 0 Å². The summed E-state index contributed by atoms with van der Waals surface area (Å²) in [6.45, 7) is 7.06. The highest BCUT2D eigenvalue weighted by atomic mass is 35.5. The zero-order valence-electron chi connectivity index (χ0n) is 11.9. The van der Waals surface area contributed by atoms with Crippen LogP contribution in [0.25, 0.3) is 0 Å². The molecular formula is C13H18ClN3O4. The number of rotatable bonds is 8. The molecule has 0 aromatic heterocycles. The van der Waals surface area contributed by atoms with Gasteiger partial charge in [-0.3, -0.25) is 10.1 Å². The van der Waals surface area contributed by atoms with Gasteiger partial charge in [-0.1, -0.05) is 25.4 Å². The van der Waals surface area contributed by atoms with E-state index in [9.17, 15) is 14.9 Å². The monoisotopic (exact) mass is 315 g/mol. The van der Waals surface area contributed by atoms with Crippen molar-refractivity contribution in [3.63, 3.8) is 0 Å². The number of hydrogen-bond donors (Lipinski definition) is 2. The molecule has 0 unspecified atom stereocenters. The predicted molar refractivity (Wildman–Crippen MR) is 81.3 cm³/mol. The molecule has 0 saturated heterocycles. The number of nitrogens with zero attached hydrogens (tertiary/aromatic N) is 2. The van der Waals surface area contributed by atoms with Crippen LogP contribution in [0, 0.1) is 10.1 Å². The number of aromatic carboxylic acids is 1. The first-order valence-electron chi connectivity index (χ1n) is 6.58. The first-order chi connectivity index (χ1) is 9.90. The summed E-state index contributed by atoms with van der Waals surface area (Å²) in [5.41, 5.74) is -0.331. The van der Waals surface area contributed by atoms with Crippen LogP contribution >= 0.6 is 11.6 Å². The van der Waals surface area contributed by atoms with E-state index in [1.165, 1.54) is 0 Å². The molecular weight excluding hydrogens is 298 g/mol. The molecule has 0 amide bonds. The number of nitro groups is 1. The van der Waals surface area contributed by atoms with Crippen LogP contribution in [-0.4, -0.2) is 47.1 Å². The van der Waals surface area contributed by atoms with Gasteiger partial charge in [-0.05, 0) is 13.1 Å². The Balaban J connectivity index is 2.95. The maximum atomic E-state index is 11.2. The molecule has 0 aliphatic carbocycles.